The first-order chi connectivity index (χ1) is 8.52. The number of rotatable bonds is 6. The Kier molecular flexibility index (Phi) is 5.82. The summed E-state index contributed by atoms with van der Waals surface area (Å²) < 4.78 is 0. The predicted molar refractivity (Wildman–Crippen MR) is 73.7 cm³/mol. The fraction of sp³-hybridized carbons (Fsp3) is 0.500. The molecular weight excluding hydrogens is 228 g/mol. The van der Waals surface area contributed by atoms with Gasteiger partial charge in [0.05, 0.1) is 6.61 Å². The van der Waals surface area contributed by atoms with Gasteiger partial charge in [0.2, 0.25) is 5.91 Å². The van der Waals surface area contributed by atoms with Gasteiger partial charge in [0.1, 0.15) is 0 Å². The zero-order chi connectivity index (χ0) is 13.5. The summed E-state index contributed by atoms with van der Waals surface area (Å²) in [7, 11) is 0. The largest absolute Gasteiger partial charge is 0.395 e. The molecule has 1 unspecified atom stereocenters. The van der Waals surface area contributed by atoms with E-state index in [0.29, 0.717) is 13.0 Å². The number of carbonyl (C=O) groups excluding carboxylic acids is 1. The van der Waals surface area contributed by atoms with Gasteiger partial charge in [-0.1, -0.05) is 17.7 Å². The quantitative estimate of drug-likeness (QED) is 0.718. The number of amides is 1. The molecule has 0 fully saturated rings. The monoisotopic (exact) mass is 250 g/mol. The van der Waals surface area contributed by atoms with E-state index < -0.39 is 0 Å². The molecule has 3 N–H and O–H groups in total. The van der Waals surface area contributed by atoms with E-state index in [1.165, 1.54) is 5.56 Å². The smallest absolute Gasteiger partial charge is 0.225 e. The molecule has 18 heavy (non-hydrogen) atoms. The Hall–Kier alpha value is -1.39. The van der Waals surface area contributed by atoms with Crippen LogP contribution in [0.25, 0.3) is 0 Å². The van der Waals surface area contributed by atoms with Gasteiger partial charge in [-0.25, -0.2) is 0 Å². The molecule has 1 aromatic carbocycles. The van der Waals surface area contributed by atoms with Crippen LogP contribution in [-0.2, 0) is 4.79 Å². The summed E-state index contributed by atoms with van der Waals surface area (Å²) in [5, 5.41) is 14.6. The molecule has 100 valence electrons. The van der Waals surface area contributed by atoms with Crippen molar-refractivity contribution < 1.29 is 9.90 Å². The number of benzene rings is 1. The predicted octanol–water partition coefficient (Wildman–Crippen LogP) is 1.60. The molecule has 1 rings (SSSR count). The molecule has 0 saturated carbocycles. The molecule has 0 aliphatic rings. The highest BCUT2D eigenvalue weighted by atomic mass is 16.3. The average Bonchev–Trinajstić information content (AvgIpc) is 2.30. The van der Waals surface area contributed by atoms with Gasteiger partial charge in [0.25, 0.3) is 0 Å². The maximum absolute atomic E-state index is 11.8. The van der Waals surface area contributed by atoms with Gasteiger partial charge in [-0.2, -0.15) is 0 Å². The van der Waals surface area contributed by atoms with Crippen LogP contribution in [0, 0.1) is 13.8 Å². The topological polar surface area (TPSA) is 61.4 Å². The first-order valence-corrected chi connectivity index (χ1v) is 6.24. The maximum atomic E-state index is 11.8. The van der Waals surface area contributed by atoms with Crippen molar-refractivity contribution in [3.63, 3.8) is 0 Å². The van der Waals surface area contributed by atoms with E-state index in [0.717, 1.165) is 11.3 Å². The minimum absolute atomic E-state index is 0.0140. The molecule has 4 nitrogen and oxygen atoms in total. The maximum Gasteiger partial charge on any atom is 0.225 e. The molecule has 1 amide bonds. The molecule has 0 heterocycles. The molecule has 1 atom stereocenters. The van der Waals surface area contributed by atoms with Crippen molar-refractivity contribution in [1.82, 2.24) is 5.32 Å². The summed E-state index contributed by atoms with van der Waals surface area (Å²) in [6, 6.07) is 6.01. The summed E-state index contributed by atoms with van der Waals surface area (Å²) in [5.74, 6) is -0.0140. The van der Waals surface area contributed by atoms with Crippen LogP contribution in [0.4, 0.5) is 5.69 Å². The summed E-state index contributed by atoms with van der Waals surface area (Å²) >= 11 is 0. The van der Waals surface area contributed by atoms with E-state index >= 15 is 0 Å². The van der Waals surface area contributed by atoms with E-state index in [2.05, 4.69) is 10.6 Å². The van der Waals surface area contributed by atoms with Gasteiger partial charge in [0, 0.05) is 24.7 Å². The van der Waals surface area contributed by atoms with E-state index in [1.807, 2.05) is 39.0 Å². The lowest BCUT2D eigenvalue weighted by Gasteiger charge is -2.14. The SMILES string of the molecule is Cc1ccc(NC(=O)CC(C)NCCO)c(C)c1. The second kappa shape index (κ2) is 7.13. The Morgan fingerprint density at radius 1 is 1.39 bits per heavy atom. The fourth-order valence-corrected chi connectivity index (χ4v) is 1.82. The zero-order valence-electron chi connectivity index (χ0n) is 11.3. The van der Waals surface area contributed by atoms with Gasteiger partial charge in [-0.05, 0) is 32.4 Å². The zero-order valence-corrected chi connectivity index (χ0v) is 11.3. The summed E-state index contributed by atoms with van der Waals surface area (Å²) in [5.41, 5.74) is 3.11. The second-order valence-electron chi connectivity index (χ2n) is 4.65. The number of nitrogens with one attached hydrogen (secondary N) is 2. The van der Waals surface area contributed by atoms with E-state index in [-0.39, 0.29) is 18.6 Å². The van der Waals surface area contributed by atoms with Gasteiger partial charge >= 0.3 is 0 Å². The van der Waals surface area contributed by atoms with Gasteiger partial charge in [0.15, 0.2) is 0 Å². The molecule has 0 saturated heterocycles. The highest BCUT2D eigenvalue weighted by Crippen LogP contribution is 2.16. The molecule has 0 aliphatic heterocycles. The van der Waals surface area contributed by atoms with Crippen LogP contribution in [0.3, 0.4) is 0 Å². The third-order valence-corrected chi connectivity index (χ3v) is 2.75. The molecule has 0 aromatic heterocycles. The lowest BCUT2D eigenvalue weighted by atomic mass is 10.1. The number of aliphatic hydroxyl groups excluding tert-OH is 1. The van der Waals surface area contributed by atoms with Crippen molar-refractivity contribution in [1.29, 1.82) is 0 Å². The highest BCUT2D eigenvalue weighted by molar-refractivity contribution is 5.91. The Balaban J connectivity index is 2.49. The number of anilines is 1. The van der Waals surface area contributed by atoms with Gasteiger partial charge in [-0.15, -0.1) is 0 Å². The Morgan fingerprint density at radius 3 is 2.72 bits per heavy atom. The Bertz CT molecular complexity index is 405. The van der Waals surface area contributed by atoms with Crippen molar-refractivity contribution in [3.8, 4) is 0 Å². The molecule has 1 aromatic rings. The molecular formula is C14H22N2O2. The molecule has 0 aliphatic carbocycles. The standard InChI is InChI=1S/C14H22N2O2/c1-10-4-5-13(11(2)8-10)16-14(18)9-12(3)15-6-7-17/h4-5,8,12,15,17H,6-7,9H2,1-3H3,(H,16,18). The first-order valence-electron chi connectivity index (χ1n) is 6.24. The van der Waals surface area contributed by atoms with Crippen LogP contribution in [0.5, 0.6) is 0 Å². The molecule has 0 radical (unpaired) electrons. The third-order valence-electron chi connectivity index (χ3n) is 2.75. The number of hydrogen-bond acceptors (Lipinski definition) is 3. The number of aryl methyl sites for hydroxylation is 2. The van der Waals surface area contributed by atoms with Crippen LogP contribution in [-0.4, -0.2) is 30.2 Å². The third kappa shape index (κ3) is 4.85. The second-order valence-corrected chi connectivity index (χ2v) is 4.65. The van der Waals surface area contributed by atoms with E-state index in [9.17, 15) is 4.79 Å². The summed E-state index contributed by atoms with van der Waals surface area (Å²) in [4.78, 5) is 11.8. The highest BCUT2D eigenvalue weighted by Gasteiger charge is 2.09. The summed E-state index contributed by atoms with van der Waals surface area (Å²) in [6.07, 6.45) is 0.396. The van der Waals surface area contributed by atoms with Crippen molar-refractivity contribution in [2.75, 3.05) is 18.5 Å². The fourth-order valence-electron chi connectivity index (χ4n) is 1.82. The Labute approximate surface area is 108 Å². The van der Waals surface area contributed by atoms with Crippen LogP contribution in [0.15, 0.2) is 18.2 Å². The minimum Gasteiger partial charge on any atom is -0.395 e. The van der Waals surface area contributed by atoms with Crippen molar-refractivity contribution in [3.05, 3.63) is 29.3 Å². The molecule has 0 spiro atoms. The van der Waals surface area contributed by atoms with E-state index in [1.54, 1.807) is 0 Å². The van der Waals surface area contributed by atoms with Crippen LogP contribution in [0.2, 0.25) is 0 Å². The number of carbonyl (C=O) groups is 1. The van der Waals surface area contributed by atoms with Gasteiger partial charge in [-0.3, -0.25) is 4.79 Å². The normalized spacial score (nSPS) is 12.2. The number of aliphatic hydroxyl groups is 1. The average molecular weight is 250 g/mol. The van der Waals surface area contributed by atoms with Crippen molar-refractivity contribution >= 4 is 11.6 Å². The Morgan fingerprint density at radius 2 is 2.11 bits per heavy atom. The van der Waals surface area contributed by atoms with Crippen molar-refractivity contribution in [2.45, 2.75) is 33.2 Å². The minimum atomic E-state index is -0.0140. The summed E-state index contributed by atoms with van der Waals surface area (Å²) in [6.45, 7) is 6.54. The van der Waals surface area contributed by atoms with Crippen LogP contribution < -0.4 is 10.6 Å². The van der Waals surface area contributed by atoms with Crippen molar-refractivity contribution in [2.24, 2.45) is 0 Å². The lowest BCUT2D eigenvalue weighted by Crippen LogP contribution is -2.32. The van der Waals surface area contributed by atoms with Gasteiger partial charge < -0.3 is 15.7 Å². The molecule has 0 bridgehead atoms. The van der Waals surface area contributed by atoms with E-state index in [4.69, 9.17) is 5.11 Å². The van der Waals surface area contributed by atoms with Crippen LogP contribution >= 0.6 is 0 Å². The molecule has 4 heteroatoms. The number of hydrogen-bond donors (Lipinski definition) is 3. The van der Waals surface area contributed by atoms with Crippen LogP contribution in [0.1, 0.15) is 24.5 Å². The lowest BCUT2D eigenvalue weighted by molar-refractivity contribution is -0.116. The first kappa shape index (κ1) is 14.7.